The Morgan fingerprint density at radius 1 is 1.09 bits per heavy atom. The average molecular weight is 414 g/mol. The third-order valence-electron chi connectivity index (χ3n) is 2.97. The second-order valence-electron chi connectivity index (χ2n) is 5.03. The highest BCUT2D eigenvalue weighted by Crippen LogP contribution is 2.27. The average Bonchev–Trinajstić information content (AvgIpc) is 2.48. The van der Waals surface area contributed by atoms with Gasteiger partial charge in [0, 0.05) is 20.6 Å². The molecule has 0 saturated heterocycles. The number of nitrogens with one attached hydrogen (secondary N) is 1. The summed E-state index contributed by atoms with van der Waals surface area (Å²) in [5, 5.41) is -0.232. The van der Waals surface area contributed by atoms with Crippen LogP contribution in [0.2, 0.25) is 0 Å². The number of anilines is 1. The van der Waals surface area contributed by atoms with Crippen LogP contribution in [0.4, 0.5) is 5.69 Å². The van der Waals surface area contributed by atoms with Crippen LogP contribution in [0.3, 0.4) is 0 Å². The highest BCUT2D eigenvalue weighted by Gasteiger charge is 2.16. The molecule has 0 radical (unpaired) electrons. The zero-order chi connectivity index (χ0) is 17.0. The lowest BCUT2D eigenvalue weighted by atomic mass is 10.1. The summed E-state index contributed by atoms with van der Waals surface area (Å²) in [5.41, 5.74) is 0.999. The molecule has 0 aliphatic rings. The van der Waals surface area contributed by atoms with Crippen LogP contribution in [0.5, 0.6) is 0 Å². The Morgan fingerprint density at radius 3 is 2.17 bits per heavy atom. The van der Waals surface area contributed by atoms with Crippen molar-refractivity contribution in [1.82, 2.24) is 0 Å². The van der Waals surface area contributed by atoms with Crippen molar-refractivity contribution in [1.29, 1.82) is 0 Å². The normalized spacial score (nSPS) is 12.7. The molecule has 2 aromatic rings. The number of benzene rings is 2. The summed E-state index contributed by atoms with van der Waals surface area (Å²) in [6.45, 7) is 1.86. The summed E-state index contributed by atoms with van der Waals surface area (Å²) in [4.78, 5) is 13.5. The predicted octanol–water partition coefficient (Wildman–Crippen LogP) is 4.18. The summed E-state index contributed by atoms with van der Waals surface area (Å²) >= 11 is 4.87. The van der Waals surface area contributed by atoms with Crippen molar-refractivity contribution in [2.75, 3.05) is 11.0 Å². The Hall–Kier alpha value is -1.31. The van der Waals surface area contributed by atoms with E-state index < -0.39 is 10.0 Å². The number of carbonyl (C=O) groups excluding carboxylic acids is 1. The van der Waals surface area contributed by atoms with Gasteiger partial charge in [0.05, 0.1) is 11.5 Å². The summed E-state index contributed by atoms with van der Waals surface area (Å²) < 4.78 is 25.7. The highest BCUT2D eigenvalue weighted by atomic mass is 79.9. The summed E-state index contributed by atoms with van der Waals surface area (Å²) in [5.74, 6) is 0.00354. The van der Waals surface area contributed by atoms with E-state index in [9.17, 15) is 13.2 Å². The summed E-state index contributed by atoms with van der Waals surface area (Å²) in [6.07, 6.45) is 1.09. The molecule has 0 spiro atoms. The van der Waals surface area contributed by atoms with Gasteiger partial charge in [0.25, 0.3) is 0 Å². The van der Waals surface area contributed by atoms with Gasteiger partial charge < -0.3 is 0 Å². The largest absolute Gasteiger partial charge is 0.293 e. The van der Waals surface area contributed by atoms with E-state index in [1.807, 2.05) is 31.2 Å². The topological polar surface area (TPSA) is 63.2 Å². The van der Waals surface area contributed by atoms with Gasteiger partial charge in [-0.3, -0.25) is 9.52 Å². The van der Waals surface area contributed by atoms with Gasteiger partial charge in [-0.15, -0.1) is 11.8 Å². The van der Waals surface area contributed by atoms with Crippen LogP contribution in [-0.2, 0) is 10.0 Å². The number of Topliss-reactive ketones (excluding diaryl/α,β-unsaturated/α-hetero) is 1. The lowest BCUT2D eigenvalue weighted by molar-refractivity contribution is 0.0994. The zero-order valence-electron chi connectivity index (χ0n) is 12.6. The summed E-state index contributed by atoms with van der Waals surface area (Å²) in [6, 6.07) is 14.2. The number of rotatable bonds is 6. The van der Waals surface area contributed by atoms with Crippen molar-refractivity contribution < 1.29 is 13.2 Å². The monoisotopic (exact) mass is 413 g/mol. The molecule has 0 heterocycles. The Bertz CT molecular complexity index is 787. The van der Waals surface area contributed by atoms with E-state index in [0.29, 0.717) is 11.3 Å². The van der Waals surface area contributed by atoms with Crippen LogP contribution in [0.15, 0.2) is 57.9 Å². The molecular formula is C16H16BrNO3S2. The maximum Gasteiger partial charge on any atom is 0.229 e. The first-order valence-electron chi connectivity index (χ1n) is 6.79. The highest BCUT2D eigenvalue weighted by molar-refractivity contribution is 9.10. The van der Waals surface area contributed by atoms with E-state index in [-0.39, 0.29) is 11.0 Å². The Kier molecular flexibility index (Phi) is 5.89. The minimum Gasteiger partial charge on any atom is -0.293 e. The van der Waals surface area contributed by atoms with E-state index in [1.54, 1.807) is 24.3 Å². The smallest absolute Gasteiger partial charge is 0.229 e. The fourth-order valence-corrected chi connectivity index (χ4v) is 3.70. The molecule has 7 heteroatoms. The lowest BCUT2D eigenvalue weighted by Crippen LogP contribution is -2.14. The van der Waals surface area contributed by atoms with Gasteiger partial charge in [-0.05, 0) is 55.5 Å². The van der Waals surface area contributed by atoms with Crippen molar-refractivity contribution in [3.63, 3.8) is 0 Å². The third-order valence-corrected chi connectivity index (χ3v) is 5.22. The third kappa shape index (κ3) is 5.67. The van der Waals surface area contributed by atoms with Crippen molar-refractivity contribution in [2.24, 2.45) is 0 Å². The van der Waals surface area contributed by atoms with E-state index >= 15 is 0 Å². The Balaban J connectivity index is 2.05. The predicted molar refractivity (Wildman–Crippen MR) is 98.7 cm³/mol. The van der Waals surface area contributed by atoms with Crippen LogP contribution in [0.25, 0.3) is 0 Å². The molecular weight excluding hydrogens is 398 g/mol. The lowest BCUT2D eigenvalue weighted by Gasteiger charge is -2.11. The van der Waals surface area contributed by atoms with Crippen LogP contribution in [0, 0.1) is 0 Å². The van der Waals surface area contributed by atoms with E-state index in [1.165, 1.54) is 11.8 Å². The second-order valence-corrected chi connectivity index (χ2v) is 9.11. The molecule has 0 aromatic heterocycles. The molecule has 23 heavy (non-hydrogen) atoms. The molecule has 0 amide bonds. The maximum absolute atomic E-state index is 12.4. The molecule has 0 fully saturated rings. The van der Waals surface area contributed by atoms with Gasteiger partial charge in [-0.2, -0.15) is 0 Å². The first-order valence-corrected chi connectivity index (χ1v) is 10.4. The zero-order valence-corrected chi connectivity index (χ0v) is 15.8. The number of ketones is 1. The van der Waals surface area contributed by atoms with Crippen LogP contribution >= 0.6 is 27.7 Å². The van der Waals surface area contributed by atoms with Gasteiger partial charge in [0.2, 0.25) is 10.0 Å². The van der Waals surface area contributed by atoms with Crippen molar-refractivity contribution in [3.8, 4) is 0 Å². The Labute approximate surface area is 148 Å². The molecule has 2 aromatic carbocycles. The first kappa shape index (κ1) is 18.0. The molecule has 2 rings (SSSR count). The quantitative estimate of drug-likeness (QED) is 0.569. The number of hydrogen-bond acceptors (Lipinski definition) is 4. The van der Waals surface area contributed by atoms with Gasteiger partial charge in [-0.25, -0.2) is 8.42 Å². The number of hydrogen-bond donors (Lipinski definition) is 1. The van der Waals surface area contributed by atoms with Crippen molar-refractivity contribution in [2.45, 2.75) is 17.1 Å². The molecule has 122 valence electrons. The fourth-order valence-electron chi connectivity index (χ4n) is 1.92. The minimum absolute atomic E-state index is 0.00354. The molecule has 1 atom stereocenters. The molecule has 0 aliphatic heterocycles. The molecule has 1 N–H and O–H groups in total. The van der Waals surface area contributed by atoms with Crippen molar-refractivity contribution >= 4 is 49.2 Å². The summed E-state index contributed by atoms with van der Waals surface area (Å²) in [7, 11) is -3.31. The fraction of sp³-hybridized carbons (Fsp3) is 0.188. The standard InChI is InChI=1S/C16H16BrNO3S2/c1-11(22-15-9-5-13(17)6-10-15)16(19)12-3-7-14(8-4-12)18-23(2,20)21/h3-11,18H,1-2H3. The SMILES string of the molecule is CC(Sc1ccc(Br)cc1)C(=O)c1ccc(NS(C)(=O)=O)cc1. The number of thioether (sulfide) groups is 1. The first-order chi connectivity index (χ1) is 10.7. The number of carbonyl (C=O) groups is 1. The number of sulfonamides is 1. The maximum atomic E-state index is 12.4. The molecule has 1 unspecified atom stereocenters. The minimum atomic E-state index is -3.31. The van der Waals surface area contributed by atoms with Gasteiger partial charge in [0.1, 0.15) is 0 Å². The van der Waals surface area contributed by atoms with E-state index in [2.05, 4.69) is 20.7 Å². The molecule has 0 aliphatic carbocycles. The van der Waals surface area contributed by atoms with Crippen molar-refractivity contribution in [3.05, 3.63) is 58.6 Å². The van der Waals surface area contributed by atoms with E-state index in [0.717, 1.165) is 15.6 Å². The van der Waals surface area contributed by atoms with Gasteiger partial charge in [-0.1, -0.05) is 15.9 Å². The van der Waals surface area contributed by atoms with Crippen LogP contribution in [0.1, 0.15) is 17.3 Å². The molecule has 0 saturated carbocycles. The van der Waals surface area contributed by atoms with Crippen LogP contribution in [-0.4, -0.2) is 25.7 Å². The Morgan fingerprint density at radius 2 is 1.65 bits per heavy atom. The second kappa shape index (κ2) is 7.51. The van der Waals surface area contributed by atoms with Gasteiger partial charge in [0.15, 0.2) is 5.78 Å². The van der Waals surface area contributed by atoms with Crippen LogP contribution < -0.4 is 4.72 Å². The van der Waals surface area contributed by atoms with Gasteiger partial charge >= 0.3 is 0 Å². The number of halogens is 1. The van der Waals surface area contributed by atoms with E-state index in [4.69, 9.17) is 0 Å². The molecule has 0 bridgehead atoms. The molecule has 4 nitrogen and oxygen atoms in total.